The third kappa shape index (κ3) is 3.20. The summed E-state index contributed by atoms with van der Waals surface area (Å²) >= 11 is 5.81. The quantitative estimate of drug-likeness (QED) is 0.800. The lowest BCUT2D eigenvalue weighted by Gasteiger charge is -2.26. The van der Waals surface area contributed by atoms with Gasteiger partial charge in [0.1, 0.15) is 5.69 Å². The van der Waals surface area contributed by atoms with Gasteiger partial charge in [-0.05, 0) is 25.5 Å². The Morgan fingerprint density at radius 2 is 2.33 bits per heavy atom. The van der Waals surface area contributed by atoms with Crippen molar-refractivity contribution in [3.63, 3.8) is 0 Å². The minimum absolute atomic E-state index is 0.180. The molecule has 4 heteroatoms. The Bertz CT molecular complexity index is 323. The Morgan fingerprint density at radius 3 is 2.80 bits per heavy atom. The van der Waals surface area contributed by atoms with E-state index in [9.17, 15) is 4.79 Å². The predicted octanol–water partition coefficient (Wildman–Crippen LogP) is 2.22. The molecule has 0 aliphatic heterocycles. The molecule has 1 amide bonds. The van der Waals surface area contributed by atoms with Crippen LogP contribution in [0.1, 0.15) is 30.8 Å². The van der Waals surface area contributed by atoms with Crippen LogP contribution in [0, 0.1) is 0 Å². The molecule has 3 nitrogen and oxygen atoms in total. The van der Waals surface area contributed by atoms with Crippen molar-refractivity contribution in [3.8, 4) is 0 Å². The summed E-state index contributed by atoms with van der Waals surface area (Å²) in [5.41, 5.74) is 0.0539. The van der Waals surface area contributed by atoms with Crippen molar-refractivity contribution in [2.45, 2.75) is 25.8 Å². The topological polar surface area (TPSA) is 42.0 Å². The van der Waals surface area contributed by atoms with Crippen LogP contribution in [0.5, 0.6) is 0 Å². The van der Waals surface area contributed by atoms with Crippen molar-refractivity contribution in [3.05, 3.63) is 30.1 Å². The van der Waals surface area contributed by atoms with Crippen LogP contribution in [0.25, 0.3) is 0 Å². The molecule has 1 atom stereocenters. The van der Waals surface area contributed by atoms with Crippen molar-refractivity contribution < 1.29 is 4.79 Å². The predicted molar refractivity (Wildman–Crippen MR) is 61.1 cm³/mol. The molecule has 0 fully saturated rings. The largest absolute Gasteiger partial charge is 0.344 e. The average molecular weight is 227 g/mol. The fourth-order valence-electron chi connectivity index (χ4n) is 1.05. The highest BCUT2D eigenvalue weighted by Gasteiger charge is 2.23. The van der Waals surface area contributed by atoms with Crippen LogP contribution in [0.3, 0.4) is 0 Å². The Balaban J connectivity index is 2.72. The van der Waals surface area contributed by atoms with Gasteiger partial charge in [0.15, 0.2) is 0 Å². The lowest BCUT2D eigenvalue weighted by Crippen LogP contribution is -2.47. The third-order valence-electron chi connectivity index (χ3n) is 2.39. The first-order valence-corrected chi connectivity index (χ1v) is 5.44. The second-order valence-corrected chi connectivity index (χ2v) is 3.98. The number of nitrogens with zero attached hydrogens (tertiary/aromatic N) is 1. The van der Waals surface area contributed by atoms with Gasteiger partial charge in [-0.25, -0.2) is 0 Å². The van der Waals surface area contributed by atoms with Crippen LogP contribution in [-0.4, -0.2) is 22.3 Å². The van der Waals surface area contributed by atoms with Gasteiger partial charge in [0, 0.05) is 12.1 Å². The van der Waals surface area contributed by atoms with Crippen molar-refractivity contribution in [2.24, 2.45) is 0 Å². The summed E-state index contributed by atoms with van der Waals surface area (Å²) in [5, 5.41) is 2.88. The summed E-state index contributed by atoms with van der Waals surface area (Å²) in [6.07, 6.45) is 2.38. The first kappa shape index (κ1) is 12.0. The summed E-state index contributed by atoms with van der Waals surface area (Å²) in [6.45, 7) is 3.90. The number of hydrogen-bond acceptors (Lipinski definition) is 2. The van der Waals surface area contributed by atoms with Gasteiger partial charge in [0.25, 0.3) is 5.91 Å². The van der Waals surface area contributed by atoms with Crippen LogP contribution in [0.2, 0.25) is 0 Å². The van der Waals surface area contributed by atoms with Crippen LogP contribution in [0.15, 0.2) is 24.4 Å². The van der Waals surface area contributed by atoms with E-state index in [2.05, 4.69) is 10.3 Å². The van der Waals surface area contributed by atoms with Gasteiger partial charge >= 0.3 is 0 Å². The Morgan fingerprint density at radius 1 is 1.60 bits per heavy atom. The highest BCUT2D eigenvalue weighted by atomic mass is 35.5. The molecule has 82 valence electrons. The monoisotopic (exact) mass is 226 g/mol. The van der Waals surface area contributed by atoms with E-state index in [1.54, 1.807) is 24.4 Å². The number of hydrogen-bond donors (Lipinski definition) is 1. The zero-order valence-electron chi connectivity index (χ0n) is 8.96. The number of nitrogens with one attached hydrogen (secondary N) is 1. The van der Waals surface area contributed by atoms with E-state index in [1.165, 1.54) is 0 Å². The van der Waals surface area contributed by atoms with E-state index in [4.69, 9.17) is 11.6 Å². The lowest BCUT2D eigenvalue weighted by molar-refractivity contribution is 0.0907. The average Bonchev–Trinajstić information content (AvgIpc) is 2.30. The minimum atomic E-state index is -0.365. The molecule has 0 saturated heterocycles. The summed E-state index contributed by atoms with van der Waals surface area (Å²) < 4.78 is 0. The molecule has 0 radical (unpaired) electrons. The molecule has 1 aromatic rings. The lowest BCUT2D eigenvalue weighted by atomic mass is 10.0. The SMILES string of the molecule is CCC(C)(CCl)NC(=O)c1ccccn1. The Kier molecular flexibility index (Phi) is 4.09. The van der Waals surface area contributed by atoms with E-state index in [1.807, 2.05) is 13.8 Å². The maximum Gasteiger partial charge on any atom is 0.270 e. The molecule has 1 aromatic heterocycles. The van der Waals surface area contributed by atoms with Crippen molar-refractivity contribution in [1.82, 2.24) is 10.3 Å². The zero-order chi connectivity index (χ0) is 11.3. The molecule has 0 bridgehead atoms. The van der Waals surface area contributed by atoms with E-state index in [0.29, 0.717) is 11.6 Å². The number of aromatic nitrogens is 1. The van der Waals surface area contributed by atoms with Crippen LogP contribution >= 0.6 is 11.6 Å². The van der Waals surface area contributed by atoms with Gasteiger partial charge in [-0.3, -0.25) is 9.78 Å². The van der Waals surface area contributed by atoms with E-state index < -0.39 is 0 Å². The molecular weight excluding hydrogens is 212 g/mol. The number of alkyl halides is 1. The van der Waals surface area contributed by atoms with Crippen LogP contribution < -0.4 is 5.32 Å². The van der Waals surface area contributed by atoms with Crippen LogP contribution in [0.4, 0.5) is 0 Å². The summed E-state index contributed by atoms with van der Waals surface area (Å²) in [7, 11) is 0. The molecule has 15 heavy (non-hydrogen) atoms. The molecular formula is C11H15ClN2O. The molecule has 1 heterocycles. The number of halogens is 1. The van der Waals surface area contributed by atoms with Gasteiger partial charge in [0.05, 0.1) is 5.54 Å². The second kappa shape index (κ2) is 5.12. The van der Waals surface area contributed by atoms with Gasteiger partial charge in [-0.1, -0.05) is 13.0 Å². The number of pyridine rings is 1. The standard InChI is InChI=1S/C11H15ClN2O/c1-3-11(2,8-12)14-10(15)9-6-4-5-7-13-9/h4-7H,3,8H2,1-2H3,(H,14,15). The summed E-state index contributed by atoms with van der Waals surface area (Å²) in [4.78, 5) is 15.7. The maximum atomic E-state index is 11.7. The van der Waals surface area contributed by atoms with E-state index in [-0.39, 0.29) is 11.4 Å². The highest BCUT2D eigenvalue weighted by Crippen LogP contribution is 2.11. The number of carbonyl (C=O) groups is 1. The van der Waals surface area contributed by atoms with Gasteiger partial charge in [-0.15, -0.1) is 11.6 Å². The first-order chi connectivity index (χ1) is 7.11. The second-order valence-electron chi connectivity index (χ2n) is 3.72. The van der Waals surface area contributed by atoms with Gasteiger partial charge in [-0.2, -0.15) is 0 Å². The molecule has 0 aliphatic rings. The molecule has 0 spiro atoms. The normalized spacial score (nSPS) is 14.3. The first-order valence-electron chi connectivity index (χ1n) is 4.91. The third-order valence-corrected chi connectivity index (χ3v) is 2.98. The molecule has 1 rings (SSSR count). The summed E-state index contributed by atoms with van der Waals surface area (Å²) in [6, 6.07) is 5.24. The van der Waals surface area contributed by atoms with Gasteiger partial charge < -0.3 is 5.32 Å². The smallest absolute Gasteiger partial charge is 0.270 e. The fourth-order valence-corrected chi connectivity index (χ4v) is 1.31. The number of carbonyl (C=O) groups excluding carboxylic acids is 1. The zero-order valence-corrected chi connectivity index (χ0v) is 9.71. The van der Waals surface area contributed by atoms with E-state index >= 15 is 0 Å². The van der Waals surface area contributed by atoms with Crippen molar-refractivity contribution >= 4 is 17.5 Å². The van der Waals surface area contributed by atoms with Crippen molar-refractivity contribution in [2.75, 3.05) is 5.88 Å². The maximum absolute atomic E-state index is 11.7. The number of amides is 1. The van der Waals surface area contributed by atoms with Gasteiger partial charge in [0.2, 0.25) is 0 Å². The Labute approximate surface area is 94.9 Å². The van der Waals surface area contributed by atoms with Crippen molar-refractivity contribution in [1.29, 1.82) is 0 Å². The molecule has 1 N–H and O–H groups in total. The highest BCUT2D eigenvalue weighted by molar-refractivity contribution is 6.18. The Hall–Kier alpha value is -1.09. The van der Waals surface area contributed by atoms with Crippen LogP contribution in [-0.2, 0) is 0 Å². The molecule has 1 unspecified atom stereocenters. The molecule has 0 aliphatic carbocycles. The molecule has 0 saturated carbocycles. The minimum Gasteiger partial charge on any atom is -0.344 e. The molecule has 0 aromatic carbocycles. The fraction of sp³-hybridized carbons (Fsp3) is 0.455. The number of rotatable bonds is 4. The summed E-state index contributed by atoms with van der Waals surface area (Å²) in [5.74, 6) is 0.211. The van der Waals surface area contributed by atoms with E-state index in [0.717, 1.165) is 6.42 Å².